The predicted molar refractivity (Wildman–Crippen MR) is 70.7 cm³/mol. The zero-order valence-corrected chi connectivity index (χ0v) is 11.2. The molecule has 1 aliphatic rings. The van der Waals surface area contributed by atoms with Gasteiger partial charge in [-0.2, -0.15) is 0 Å². The molecule has 106 valence electrons. The second-order valence-corrected chi connectivity index (χ2v) is 5.51. The molecule has 2 rings (SSSR count). The third-order valence-corrected chi connectivity index (χ3v) is 3.91. The van der Waals surface area contributed by atoms with Crippen molar-refractivity contribution in [2.24, 2.45) is 5.92 Å². The molecule has 1 unspecified atom stereocenters. The maximum atomic E-state index is 13.1. The van der Waals surface area contributed by atoms with Gasteiger partial charge in [-0.15, -0.1) is 0 Å². The number of aliphatic hydroxyl groups excluding tert-OH is 1. The average molecular weight is 269 g/mol. The minimum atomic E-state index is -0.538. The Morgan fingerprint density at radius 3 is 2.32 bits per heavy atom. The molecular formula is C15H21F2NO. The van der Waals surface area contributed by atoms with Crippen LogP contribution in [-0.4, -0.2) is 17.8 Å². The zero-order chi connectivity index (χ0) is 13.8. The van der Waals surface area contributed by atoms with Gasteiger partial charge in [0.2, 0.25) is 0 Å². The van der Waals surface area contributed by atoms with Gasteiger partial charge < -0.3 is 10.4 Å². The molecule has 1 saturated carbocycles. The smallest absolute Gasteiger partial charge is 0.126 e. The molecule has 0 spiro atoms. The van der Waals surface area contributed by atoms with Gasteiger partial charge in [-0.1, -0.05) is 0 Å². The fourth-order valence-electron chi connectivity index (χ4n) is 2.64. The molecule has 0 heterocycles. The van der Waals surface area contributed by atoms with Crippen LogP contribution in [0.2, 0.25) is 0 Å². The molecular weight excluding hydrogens is 248 g/mol. The molecule has 0 aliphatic heterocycles. The lowest BCUT2D eigenvalue weighted by Gasteiger charge is -2.27. The minimum absolute atomic E-state index is 0.0722. The molecule has 0 radical (unpaired) electrons. The summed E-state index contributed by atoms with van der Waals surface area (Å²) < 4.78 is 26.3. The van der Waals surface area contributed by atoms with Crippen molar-refractivity contribution in [2.45, 2.75) is 44.8 Å². The van der Waals surface area contributed by atoms with E-state index in [-0.39, 0.29) is 12.1 Å². The van der Waals surface area contributed by atoms with Crippen LogP contribution in [-0.2, 0) is 0 Å². The van der Waals surface area contributed by atoms with Crippen LogP contribution in [0.25, 0.3) is 0 Å². The van der Waals surface area contributed by atoms with Crippen LogP contribution in [0.3, 0.4) is 0 Å². The van der Waals surface area contributed by atoms with Gasteiger partial charge >= 0.3 is 0 Å². The van der Waals surface area contributed by atoms with Gasteiger partial charge in [-0.25, -0.2) is 8.78 Å². The van der Waals surface area contributed by atoms with Crippen LogP contribution in [0.1, 0.15) is 44.2 Å². The van der Waals surface area contributed by atoms with E-state index in [9.17, 15) is 13.9 Å². The summed E-state index contributed by atoms with van der Waals surface area (Å²) in [7, 11) is 0. The Balaban J connectivity index is 1.85. The maximum Gasteiger partial charge on any atom is 0.126 e. The molecule has 1 fully saturated rings. The molecule has 19 heavy (non-hydrogen) atoms. The normalized spacial score (nSPS) is 25.3. The van der Waals surface area contributed by atoms with Crippen LogP contribution < -0.4 is 5.32 Å². The van der Waals surface area contributed by atoms with Crippen molar-refractivity contribution in [1.29, 1.82) is 0 Å². The van der Waals surface area contributed by atoms with Crippen molar-refractivity contribution in [3.8, 4) is 0 Å². The van der Waals surface area contributed by atoms with Gasteiger partial charge in [0.15, 0.2) is 0 Å². The molecule has 1 atom stereocenters. The molecule has 0 bridgehead atoms. The molecule has 2 nitrogen and oxygen atoms in total. The predicted octanol–water partition coefficient (Wildman–Crippen LogP) is 3.17. The molecule has 2 N–H and O–H groups in total. The van der Waals surface area contributed by atoms with Crippen LogP contribution in [0.4, 0.5) is 8.78 Å². The fraction of sp³-hybridized carbons (Fsp3) is 0.600. The van der Waals surface area contributed by atoms with Crippen molar-refractivity contribution >= 4 is 0 Å². The first kappa shape index (κ1) is 14.4. The van der Waals surface area contributed by atoms with E-state index >= 15 is 0 Å². The fourth-order valence-corrected chi connectivity index (χ4v) is 2.64. The van der Waals surface area contributed by atoms with Gasteiger partial charge in [0.1, 0.15) is 11.6 Å². The number of hydrogen-bond acceptors (Lipinski definition) is 2. The number of hydrogen-bond donors (Lipinski definition) is 2. The first-order valence-electron chi connectivity index (χ1n) is 6.92. The average Bonchev–Trinajstić information content (AvgIpc) is 2.36. The van der Waals surface area contributed by atoms with E-state index in [1.165, 1.54) is 12.1 Å². The summed E-state index contributed by atoms with van der Waals surface area (Å²) in [5, 5.41) is 12.8. The van der Waals surface area contributed by atoms with E-state index in [2.05, 4.69) is 5.32 Å². The van der Waals surface area contributed by atoms with Gasteiger partial charge in [0.25, 0.3) is 0 Å². The highest BCUT2D eigenvalue weighted by molar-refractivity contribution is 5.20. The standard InChI is InChI=1S/C15H21F2NO/c1-10(12-6-13(16)8-14(17)7-12)18-9-11-2-4-15(19)5-3-11/h6-8,10-11,15,18-19H,2-5,9H2,1H3. The summed E-state index contributed by atoms with van der Waals surface area (Å²) in [6.45, 7) is 2.73. The highest BCUT2D eigenvalue weighted by Gasteiger charge is 2.19. The number of halogens is 2. The Bertz CT molecular complexity index is 396. The van der Waals surface area contributed by atoms with Gasteiger partial charge in [-0.3, -0.25) is 0 Å². The highest BCUT2D eigenvalue weighted by Crippen LogP contribution is 2.24. The Labute approximate surface area is 112 Å². The van der Waals surface area contributed by atoms with E-state index in [0.717, 1.165) is 38.3 Å². The van der Waals surface area contributed by atoms with E-state index in [1.807, 2.05) is 6.92 Å². The van der Waals surface area contributed by atoms with Crippen molar-refractivity contribution in [3.63, 3.8) is 0 Å². The highest BCUT2D eigenvalue weighted by atomic mass is 19.1. The Morgan fingerprint density at radius 2 is 1.74 bits per heavy atom. The zero-order valence-electron chi connectivity index (χ0n) is 11.2. The molecule has 0 amide bonds. The van der Waals surface area contributed by atoms with Crippen LogP contribution in [0, 0.1) is 17.6 Å². The number of rotatable bonds is 4. The lowest BCUT2D eigenvalue weighted by Crippen LogP contribution is -2.29. The first-order chi connectivity index (χ1) is 9.04. The van der Waals surface area contributed by atoms with Gasteiger partial charge in [0, 0.05) is 12.1 Å². The quantitative estimate of drug-likeness (QED) is 0.880. The third-order valence-electron chi connectivity index (χ3n) is 3.91. The molecule has 4 heteroatoms. The second kappa shape index (κ2) is 6.44. The van der Waals surface area contributed by atoms with E-state index in [0.29, 0.717) is 11.5 Å². The van der Waals surface area contributed by atoms with E-state index in [1.54, 1.807) is 0 Å². The number of benzene rings is 1. The topological polar surface area (TPSA) is 32.3 Å². The molecule has 0 aromatic heterocycles. The molecule has 1 aromatic rings. The van der Waals surface area contributed by atoms with E-state index in [4.69, 9.17) is 0 Å². The number of nitrogens with one attached hydrogen (secondary N) is 1. The van der Waals surface area contributed by atoms with Crippen molar-refractivity contribution in [2.75, 3.05) is 6.54 Å². The van der Waals surface area contributed by atoms with E-state index < -0.39 is 11.6 Å². The minimum Gasteiger partial charge on any atom is -0.393 e. The molecule has 0 saturated heterocycles. The van der Waals surface area contributed by atoms with Crippen LogP contribution >= 0.6 is 0 Å². The van der Waals surface area contributed by atoms with Gasteiger partial charge in [0.05, 0.1) is 6.10 Å². The lowest BCUT2D eigenvalue weighted by molar-refractivity contribution is 0.108. The summed E-state index contributed by atoms with van der Waals surface area (Å²) in [6, 6.07) is 3.55. The second-order valence-electron chi connectivity index (χ2n) is 5.51. The summed E-state index contributed by atoms with van der Waals surface area (Å²) in [5.41, 5.74) is 0.633. The summed E-state index contributed by atoms with van der Waals surface area (Å²) in [6.07, 6.45) is 3.59. The monoisotopic (exact) mass is 269 g/mol. The maximum absolute atomic E-state index is 13.1. The largest absolute Gasteiger partial charge is 0.393 e. The Morgan fingerprint density at radius 1 is 1.16 bits per heavy atom. The summed E-state index contributed by atoms with van der Waals surface area (Å²) in [5.74, 6) is -0.530. The summed E-state index contributed by atoms with van der Waals surface area (Å²) >= 11 is 0. The molecule has 1 aliphatic carbocycles. The lowest BCUT2D eigenvalue weighted by atomic mass is 9.87. The molecule has 1 aromatic carbocycles. The Kier molecular flexibility index (Phi) is 4.88. The third kappa shape index (κ3) is 4.25. The van der Waals surface area contributed by atoms with Crippen molar-refractivity contribution in [1.82, 2.24) is 5.32 Å². The van der Waals surface area contributed by atoms with Crippen molar-refractivity contribution in [3.05, 3.63) is 35.4 Å². The summed E-state index contributed by atoms with van der Waals surface area (Å²) in [4.78, 5) is 0. The van der Waals surface area contributed by atoms with Crippen LogP contribution in [0.15, 0.2) is 18.2 Å². The van der Waals surface area contributed by atoms with Crippen molar-refractivity contribution < 1.29 is 13.9 Å². The van der Waals surface area contributed by atoms with Crippen LogP contribution in [0.5, 0.6) is 0 Å². The number of aliphatic hydroxyl groups is 1. The SMILES string of the molecule is CC(NCC1CCC(O)CC1)c1cc(F)cc(F)c1. The first-order valence-corrected chi connectivity index (χ1v) is 6.92. The Hall–Kier alpha value is -1.00. The van der Waals surface area contributed by atoms with Gasteiger partial charge in [-0.05, 0) is 62.8 Å².